The first-order valence-corrected chi connectivity index (χ1v) is 6.78. The Balaban J connectivity index is 1.99. The number of carbonyl (C=O) groups excluding carboxylic acids is 1. The molecule has 5 N–H and O–H groups in total. The van der Waals surface area contributed by atoms with Gasteiger partial charge in [-0.05, 0) is 18.6 Å². The molecule has 6 heteroatoms. The zero-order valence-corrected chi connectivity index (χ0v) is 11.4. The second-order valence-electron chi connectivity index (χ2n) is 4.24. The van der Waals surface area contributed by atoms with Crippen molar-refractivity contribution in [3.8, 4) is 0 Å². The van der Waals surface area contributed by atoms with Crippen molar-refractivity contribution < 1.29 is 4.79 Å². The molecule has 1 amide bonds. The van der Waals surface area contributed by atoms with Gasteiger partial charge in [-0.15, -0.1) is 11.3 Å². The Morgan fingerprint density at radius 2 is 2.21 bits per heavy atom. The fraction of sp³-hybridized carbons (Fsp3) is 0.231. The van der Waals surface area contributed by atoms with Crippen LogP contribution in [0.15, 0.2) is 29.6 Å². The molecule has 1 aromatic carbocycles. The number of thiazole rings is 1. The lowest BCUT2D eigenvalue weighted by atomic mass is 10.2. The molecule has 19 heavy (non-hydrogen) atoms. The number of carbonyl (C=O) groups is 1. The highest BCUT2D eigenvalue weighted by atomic mass is 32.1. The van der Waals surface area contributed by atoms with Gasteiger partial charge in [0.25, 0.3) is 5.91 Å². The van der Waals surface area contributed by atoms with E-state index < -0.39 is 0 Å². The third kappa shape index (κ3) is 3.30. The zero-order valence-electron chi connectivity index (χ0n) is 10.6. The molecular weight excluding hydrogens is 260 g/mol. The molecule has 2 aromatic rings. The fourth-order valence-electron chi connectivity index (χ4n) is 1.56. The standard InChI is InChI=1S/C13H16N4OS/c1-8(14)13-17-11(7-19-13)12(18)16-6-9-4-2-3-5-10(9)15/h2-5,7-8H,6,14-15H2,1H3,(H,16,18). The van der Waals surface area contributed by atoms with E-state index in [0.717, 1.165) is 10.6 Å². The Morgan fingerprint density at radius 1 is 1.47 bits per heavy atom. The second-order valence-corrected chi connectivity index (χ2v) is 5.13. The minimum Gasteiger partial charge on any atom is -0.398 e. The first kappa shape index (κ1) is 13.5. The maximum atomic E-state index is 11.9. The molecule has 1 atom stereocenters. The molecule has 0 saturated carbocycles. The van der Waals surface area contributed by atoms with Gasteiger partial charge < -0.3 is 16.8 Å². The van der Waals surface area contributed by atoms with Crippen molar-refractivity contribution in [1.82, 2.24) is 10.3 Å². The Morgan fingerprint density at radius 3 is 2.84 bits per heavy atom. The molecule has 2 rings (SSSR count). The van der Waals surface area contributed by atoms with Crippen LogP contribution in [0.3, 0.4) is 0 Å². The van der Waals surface area contributed by atoms with Gasteiger partial charge in [0.15, 0.2) is 0 Å². The van der Waals surface area contributed by atoms with E-state index >= 15 is 0 Å². The van der Waals surface area contributed by atoms with Crippen molar-refractivity contribution >= 4 is 22.9 Å². The monoisotopic (exact) mass is 276 g/mol. The van der Waals surface area contributed by atoms with Gasteiger partial charge in [0, 0.05) is 17.6 Å². The molecule has 0 aliphatic carbocycles. The van der Waals surface area contributed by atoms with Gasteiger partial charge in [0.1, 0.15) is 10.7 Å². The lowest BCUT2D eigenvalue weighted by Crippen LogP contribution is -2.23. The van der Waals surface area contributed by atoms with Gasteiger partial charge in [-0.2, -0.15) is 0 Å². The number of nitrogens with zero attached hydrogens (tertiary/aromatic N) is 1. The van der Waals surface area contributed by atoms with Crippen LogP contribution in [0.1, 0.15) is 34.0 Å². The first-order chi connectivity index (χ1) is 9.08. The minimum absolute atomic E-state index is 0.156. The van der Waals surface area contributed by atoms with Crippen molar-refractivity contribution in [2.24, 2.45) is 5.73 Å². The quantitative estimate of drug-likeness (QED) is 0.740. The molecular formula is C13H16N4OS. The molecule has 1 unspecified atom stereocenters. The van der Waals surface area contributed by atoms with Crippen LogP contribution in [0, 0.1) is 0 Å². The highest BCUT2D eigenvalue weighted by Gasteiger charge is 2.12. The number of nitrogens with one attached hydrogen (secondary N) is 1. The predicted molar refractivity (Wildman–Crippen MR) is 76.7 cm³/mol. The summed E-state index contributed by atoms with van der Waals surface area (Å²) < 4.78 is 0. The molecule has 100 valence electrons. The third-order valence-electron chi connectivity index (χ3n) is 2.64. The smallest absolute Gasteiger partial charge is 0.271 e. The normalized spacial score (nSPS) is 12.1. The van der Waals surface area contributed by atoms with Gasteiger partial charge in [0.2, 0.25) is 0 Å². The number of nitrogen functional groups attached to an aromatic ring is 1. The van der Waals surface area contributed by atoms with Crippen LogP contribution in [0.2, 0.25) is 0 Å². The van der Waals surface area contributed by atoms with Crippen LogP contribution in [0.4, 0.5) is 5.69 Å². The molecule has 1 aromatic heterocycles. The Bertz CT molecular complexity index is 580. The maximum Gasteiger partial charge on any atom is 0.271 e. The molecule has 0 spiro atoms. The number of benzene rings is 1. The topological polar surface area (TPSA) is 94.0 Å². The number of para-hydroxylation sites is 1. The summed E-state index contributed by atoms with van der Waals surface area (Å²) in [5, 5.41) is 5.26. The van der Waals surface area contributed by atoms with Gasteiger partial charge in [0.05, 0.1) is 6.04 Å². The molecule has 0 radical (unpaired) electrons. The Hall–Kier alpha value is -1.92. The lowest BCUT2D eigenvalue weighted by Gasteiger charge is -2.06. The molecule has 0 saturated heterocycles. The van der Waals surface area contributed by atoms with E-state index in [1.165, 1.54) is 11.3 Å². The predicted octanol–water partition coefficient (Wildman–Crippen LogP) is 1.67. The van der Waals surface area contributed by atoms with E-state index in [1.54, 1.807) is 11.4 Å². The largest absolute Gasteiger partial charge is 0.398 e. The van der Waals surface area contributed by atoms with Crippen molar-refractivity contribution in [2.45, 2.75) is 19.5 Å². The highest BCUT2D eigenvalue weighted by Crippen LogP contribution is 2.16. The second kappa shape index (κ2) is 5.81. The van der Waals surface area contributed by atoms with Gasteiger partial charge in [-0.3, -0.25) is 4.79 Å². The SMILES string of the molecule is CC(N)c1nc(C(=O)NCc2ccccc2N)cs1. The summed E-state index contributed by atoms with van der Waals surface area (Å²) in [6.45, 7) is 2.22. The Kier molecular flexibility index (Phi) is 4.13. The van der Waals surface area contributed by atoms with Crippen molar-refractivity contribution in [3.05, 3.63) is 45.9 Å². The molecule has 0 aliphatic rings. The Labute approximate surface area is 115 Å². The summed E-state index contributed by atoms with van der Waals surface area (Å²) in [7, 11) is 0. The number of rotatable bonds is 4. The molecule has 0 fully saturated rings. The summed E-state index contributed by atoms with van der Waals surface area (Å²) in [6.07, 6.45) is 0. The summed E-state index contributed by atoms with van der Waals surface area (Å²) in [4.78, 5) is 16.1. The molecule has 5 nitrogen and oxygen atoms in total. The molecule has 1 heterocycles. The van der Waals surface area contributed by atoms with Crippen LogP contribution < -0.4 is 16.8 Å². The summed E-state index contributed by atoms with van der Waals surface area (Å²) >= 11 is 1.39. The van der Waals surface area contributed by atoms with E-state index in [2.05, 4.69) is 10.3 Å². The van der Waals surface area contributed by atoms with E-state index in [0.29, 0.717) is 17.9 Å². The fourth-order valence-corrected chi connectivity index (χ4v) is 2.32. The number of anilines is 1. The highest BCUT2D eigenvalue weighted by molar-refractivity contribution is 7.09. The number of nitrogens with two attached hydrogens (primary N) is 2. The van der Waals surface area contributed by atoms with E-state index in [9.17, 15) is 4.79 Å². The molecule has 0 aliphatic heterocycles. The minimum atomic E-state index is -0.216. The van der Waals surface area contributed by atoms with Gasteiger partial charge >= 0.3 is 0 Å². The van der Waals surface area contributed by atoms with E-state index in [4.69, 9.17) is 11.5 Å². The van der Waals surface area contributed by atoms with Gasteiger partial charge in [-0.1, -0.05) is 18.2 Å². The van der Waals surface area contributed by atoms with Crippen molar-refractivity contribution in [2.75, 3.05) is 5.73 Å². The van der Waals surface area contributed by atoms with Crippen LogP contribution in [-0.2, 0) is 6.54 Å². The van der Waals surface area contributed by atoms with Crippen LogP contribution in [0.25, 0.3) is 0 Å². The summed E-state index contributed by atoms with van der Waals surface area (Å²) in [5.74, 6) is -0.216. The van der Waals surface area contributed by atoms with Crippen LogP contribution in [0.5, 0.6) is 0 Å². The van der Waals surface area contributed by atoms with Crippen molar-refractivity contribution in [1.29, 1.82) is 0 Å². The average Bonchev–Trinajstić information content (AvgIpc) is 2.87. The molecule has 0 bridgehead atoms. The summed E-state index contributed by atoms with van der Waals surface area (Å²) in [5.41, 5.74) is 13.5. The van der Waals surface area contributed by atoms with Gasteiger partial charge in [-0.25, -0.2) is 4.98 Å². The number of aromatic nitrogens is 1. The number of hydrogen-bond acceptors (Lipinski definition) is 5. The zero-order chi connectivity index (χ0) is 13.8. The maximum absolute atomic E-state index is 11.9. The summed E-state index contributed by atoms with van der Waals surface area (Å²) in [6, 6.07) is 7.27. The lowest BCUT2D eigenvalue weighted by molar-refractivity contribution is 0.0946. The van der Waals surface area contributed by atoms with E-state index in [-0.39, 0.29) is 11.9 Å². The number of hydrogen-bond donors (Lipinski definition) is 3. The van der Waals surface area contributed by atoms with Crippen molar-refractivity contribution in [3.63, 3.8) is 0 Å². The first-order valence-electron chi connectivity index (χ1n) is 5.90. The number of amides is 1. The average molecular weight is 276 g/mol. The van der Waals surface area contributed by atoms with Crippen LogP contribution in [-0.4, -0.2) is 10.9 Å². The van der Waals surface area contributed by atoms with Crippen LogP contribution >= 0.6 is 11.3 Å². The van der Waals surface area contributed by atoms with E-state index in [1.807, 2.05) is 25.1 Å². The third-order valence-corrected chi connectivity index (χ3v) is 3.68.